The Morgan fingerprint density at radius 2 is 1.71 bits per heavy atom. The number of hydrogen-bond donors (Lipinski definition) is 3. The lowest BCUT2D eigenvalue weighted by molar-refractivity contribution is -0.120. The van der Waals surface area contributed by atoms with Crippen molar-refractivity contribution in [3.8, 4) is 0 Å². The molecule has 4 N–H and O–H groups in total. The minimum absolute atomic E-state index is 0.0915. The van der Waals surface area contributed by atoms with Gasteiger partial charge in [0, 0.05) is 11.3 Å². The van der Waals surface area contributed by atoms with E-state index >= 15 is 0 Å². The second-order valence-corrected chi connectivity index (χ2v) is 8.74. The van der Waals surface area contributed by atoms with Gasteiger partial charge in [0.2, 0.25) is 0 Å². The van der Waals surface area contributed by atoms with Crippen LogP contribution in [0.5, 0.6) is 0 Å². The summed E-state index contributed by atoms with van der Waals surface area (Å²) in [6, 6.07) is 11.8. The Bertz CT molecular complexity index is 954. The first-order valence-corrected chi connectivity index (χ1v) is 10.4. The third-order valence-corrected chi connectivity index (χ3v) is 5.36. The van der Waals surface area contributed by atoms with Gasteiger partial charge in [-0.2, -0.15) is 0 Å². The molecular formula is C20H25N3O4S. The fourth-order valence-corrected chi connectivity index (χ4v) is 3.62. The van der Waals surface area contributed by atoms with E-state index in [0.29, 0.717) is 17.7 Å². The number of aryl methyl sites for hydroxylation is 1. The molecule has 2 rings (SSSR count). The number of carbonyl (C=O) groups is 2. The number of nitrogens with one attached hydrogen (secondary N) is 2. The van der Waals surface area contributed by atoms with Crippen LogP contribution in [0.1, 0.15) is 36.2 Å². The van der Waals surface area contributed by atoms with Crippen LogP contribution in [0.2, 0.25) is 0 Å². The van der Waals surface area contributed by atoms with Gasteiger partial charge in [-0.25, -0.2) is 13.1 Å². The van der Waals surface area contributed by atoms with Crippen molar-refractivity contribution in [3.63, 3.8) is 0 Å². The maximum atomic E-state index is 12.4. The summed E-state index contributed by atoms with van der Waals surface area (Å²) in [5.74, 6) is -0.877. The molecule has 0 unspecified atom stereocenters. The molecule has 7 nitrogen and oxygen atoms in total. The standard InChI is InChI=1S/C20H25N3O4S/c1-13(2)11-18(21)20(25)23-28(26,27)17-9-7-16(8-10-17)22-19(24)15-6-4-5-14(3)12-15/h4-10,12-13,18H,11,21H2,1-3H3,(H,22,24)(H,23,25)/t18-/m0/s1. The van der Waals surface area contributed by atoms with E-state index in [9.17, 15) is 18.0 Å². The summed E-state index contributed by atoms with van der Waals surface area (Å²) < 4.78 is 26.7. The first-order chi connectivity index (χ1) is 13.1. The molecule has 0 saturated carbocycles. The van der Waals surface area contributed by atoms with E-state index in [-0.39, 0.29) is 16.7 Å². The molecule has 2 aromatic carbocycles. The fourth-order valence-electron chi connectivity index (χ4n) is 2.59. The van der Waals surface area contributed by atoms with Crippen LogP contribution in [0.4, 0.5) is 5.69 Å². The molecule has 0 aliphatic carbocycles. The van der Waals surface area contributed by atoms with Gasteiger partial charge in [0.1, 0.15) is 0 Å². The molecule has 0 bridgehead atoms. The third kappa shape index (κ3) is 5.90. The second kappa shape index (κ2) is 8.99. The van der Waals surface area contributed by atoms with Crippen LogP contribution >= 0.6 is 0 Å². The highest BCUT2D eigenvalue weighted by Gasteiger charge is 2.22. The van der Waals surface area contributed by atoms with Gasteiger partial charge >= 0.3 is 0 Å². The second-order valence-electron chi connectivity index (χ2n) is 7.05. The molecule has 28 heavy (non-hydrogen) atoms. The van der Waals surface area contributed by atoms with Gasteiger partial charge in [-0.3, -0.25) is 9.59 Å². The van der Waals surface area contributed by atoms with Crippen molar-refractivity contribution >= 4 is 27.5 Å². The van der Waals surface area contributed by atoms with Crippen LogP contribution < -0.4 is 15.8 Å². The van der Waals surface area contributed by atoms with Crippen molar-refractivity contribution < 1.29 is 18.0 Å². The predicted molar refractivity (Wildman–Crippen MR) is 108 cm³/mol. The van der Waals surface area contributed by atoms with Crippen molar-refractivity contribution in [1.29, 1.82) is 0 Å². The average molecular weight is 404 g/mol. The number of amides is 2. The lowest BCUT2D eigenvalue weighted by Gasteiger charge is -2.14. The summed E-state index contributed by atoms with van der Waals surface area (Å²) in [5.41, 5.74) is 7.62. The number of rotatable bonds is 7. The maximum Gasteiger partial charge on any atom is 0.264 e. The lowest BCUT2D eigenvalue weighted by atomic mass is 10.0. The van der Waals surface area contributed by atoms with Gasteiger partial charge in [0.05, 0.1) is 10.9 Å². The third-order valence-electron chi connectivity index (χ3n) is 4.00. The van der Waals surface area contributed by atoms with E-state index in [1.54, 1.807) is 18.2 Å². The zero-order chi connectivity index (χ0) is 20.9. The molecule has 0 spiro atoms. The number of sulfonamides is 1. The van der Waals surface area contributed by atoms with Crippen LogP contribution in [0.15, 0.2) is 53.4 Å². The quantitative estimate of drug-likeness (QED) is 0.656. The number of benzene rings is 2. The number of carbonyl (C=O) groups excluding carboxylic acids is 2. The molecule has 0 aliphatic heterocycles. The monoisotopic (exact) mass is 403 g/mol. The number of hydrogen-bond acceptors (Lipinski definition) is 5. The molecular weight excluding hydrogens is 378 g/mol. The van der Waals surface area contributed by atoms with E-state index in [1.165, 1.54) is 24.3 Å². The largest absolute Gasteiger partial charge is 0.322 e. The van der Waals surface area contributed by atoms with E-state index < -0.39 is 22.0 Å². The highest BCUT2D eigenvalue weighted by Crippen LogP contribution is 2.16. The summed E-state index contributed by atoms with van der Waals surface area (Å²) in [5, 5.41) is 2.70. The molecule has 0 heterocycles. The Hall–Kier alpha value is -2.71. The summed E-state index contributed by atoms with van der Waals surface area (Å²) in [4.78, 5) is 24.2. The smallest absolute Gasteiger partial charge is 0.264 e. The van der Waals surface area contributed by atoms with Gasteiger partial charge in [0.25, 0.3) is 21.8 Å². The Morgan fingerprint density at radius 3 is 2.29 bits per heavy atom. The van der Waals surface area contributed by atoms with Crippen LogP contribution in [-0.4, -0.2) is 26.3 Å². The zero-order valence-corrected chi connectivity index (χ0v) is 16.9. The van der Waals surface area contributed by atoms with Crippen molar-refractivity contribution in [3.05, 3.63) is 59.7 Å². The van der Waals surface area contributed by atoms with E-state index in [1.807, 2.05) is 31.6 Å². The fraction of sp³-hybridized carbons (Fsp3) is 0.300. The number of nitrogens with two attached hydrogens (primary N) is 1. The normalized spacial score (nSPS) is 12.5. The van der Waals surface area contributed by atoms with Crippen molar-refractivity contribution in [2.24, 2.45) is 11.7 Å². The van der Waals surface area contributed by atoms with E-state index in [2.05, 4.69) is 5.32 Å². The van der Waals surface area contributed by atoms with Crippen molar-refractivity contribution in [2.75, 3.05) is 5.32 Å². The Labute approximate surface area is 165 Å². The average Bonchev–Trinajstić information content (AvgIpc) is 2.61. The minimum Gasteiger partial charge on any atom is -0.322 e. The van der Waals surface area contributed by atoms with Gasteiger partial charge in [-0.15, -0.1) is 0 Å². The van der Waals surface area contributed by atoms with Crippen LogP contribution in [0.25, 0.3) is 0 Å². The Morgan fingerprint density at radius 1 is 1.07 bits per heavy atom. The Balaban J connectivity index is 2.06. The number of anilines is 1. The summed E-state index contributed by atoms with van der Waals surface area (Å²) in [6.07, 6.45) is 0.380. The van der Waals surface area contributed by atoms with Crippen molar-refractivity contribution in [1.82, 2.24) is 4.72 Å². The summed E-state index contributed by atoms with van der Waals surface area (Å²) in [7, 11) is -4.04. The molecule has 0 fully saturated rings. The topological polar surface area (TPSA) is 118 Å². The summed E-state index contributed by atoms with van der Waals surface area (Å²) >= 11 is 0. The molecule has 1 atom stereocenters. The van der Waals surface area contributed by atoms with Gasteiger partial charge in [-0.1, -0.05) is 31.5 Å². The van der Waals surface area contributed by atoms with Gasteiger partial charge in [0.15, 0.2) is 0 Å². The van der Waals surface area contributed by atoms with E-state index in [0.717, 1.165) is 5.56 Å². The molecule has 0 saturated heterocycles. The molecule has 8 heteroatoms. The van der Waals surface area contributed by atoms with E-state index in [4.69, 9.17) is 5.73 Å². The first-order valence-electron chi connectivity index (χ1n) is 8.89. The Kier molecular flexibility index (Phi) is 6.93. The molecule has 0 radical (unpaired) electrons. The molecule has 0 aliphatic rings. The lowest BCUT2D eigenvalue weighted by Crippen LogP contribution is -2.43. The molecule has 2 amide bonds. The van der Waals surface area contributed by atoms with Crippen LogP contribution in [0, 0.1) is 12.8 Å². The van der Waals surface area contributed by atoms with Crippen LogP contribution in [0.3, 0.4) is 0 Å². The molecule has 0 aromatic heterocycles. The SMILES string of the molecule is Cc1cccc(C(=O)Nc2ccc(S(=O)(=O)NC(=O)[C@@H](N)CC(C)C)cc2)c1. The van der Waals surface area contributed by atoms with Crippen LogP contribution in [-0.2, 0) is 14.8 Å². The zero-order valence-electron chi connectivity index (χ0n) is 16.1. The summed E-state index contributed by atoms with van der Waals surface area (Å²) in [6.45, 7) is 5.68. The minimum atomic E-state index is -4.04. The molecule has 2 aromatic rings. The van der Waals surface area contributed by atoms with Gasteiger partial charge < -0.3 is 11.1 Å². The van der Waals surface area contributed by atoms with Crippen molar-refractivity contribution in [2.45, 2.75) is 38.1 Å². The first kappa shape index (κ1) is 21.6. The van der Waals surface area contributed by atoms with Gasteiger partial charge in [-0.05, 0) is 55.7 Å². The maximum absolute atomic E-state index is 12.4. The highest BCUT2D eigenvalue weighted by molar-refractivity contribution is 7.90. The predicted octanol–water partition coefficient (Wildman–Crippen LogP) is 2.43. The highest BCUT2D eigenvalue weighted by atomic mass is 32.2. The molecule has 150 valence electrons.